The minimum atomic E-state index is 0.452. The van der Waals surface area contributed by atoms with E-state index in [0.717, 1.165) is 48.9 Å². The van der Waals surface area contributed by atoms with Crippen LogP contribution in [-0.4, -0.2) is 46.4 Å². The molecule has 1 saturated carbocycles. The number of nitrogens with two attached hydrogens (primary N) is 2. The van der Waals surface area contributed by atoms with E-state index in [9.17, 15) is 0 Å². The lowest BCUT2D eigenvalue weighted by atomic mass is 10.0. The average Bonchev–Trinajstić information content (AvgIpc) is 2.94. The number of nitrogens with zero attached hydrogens (tertiary/aromatic N) is 5. The number of hydrogen-bond donors (Lipinski definition) is 4. The first kappa shape index (κ1) is 28.6. The maximum absolute atomic E-state index is 6.37. The van der Waals surface area contributed by atoms with E-state index >= 15 is 0 Å². The van der Waals surface area contributed by atoms with E-state index in [1.807, 2.05) is 24.3 Å². The highest BCUT2D eigenvalue weighted by molar-refractivity contribution is 7.99. The fourth-order valence-corrected chi connectivity index (χ4v) is 6.12. The molecule has 3 aromatic rings. The van der Waals surface area contributed by atoms with E-state index in [1.54, 1.807) is 11.8 Å². The quantitative estimate of drug-likeness (QED) is 0.183. The van der Waals surface area contributed by atoms with Crippen molar-refractivity contribution in [1.29, 1.82) is 0 Å². The van der Waals surface area contributed by atoms with E-state index < -0.39 is 0 Å². The van der Waals surface area contributed by atoms with Crippen LogP contribution in [0.2, 0.25) is 0 Å². The van der Waals surface area contributed by atoms with Gasteiger partial charge in [-0.1, -0.05) is 31.0 Å². The minimum Gasteiger partial charge on any atom is -0.397 e. The molecule has 1 aliphatic rings. The van der Waals surface area contributed by atoms with Crippen LogP contribution >= 0.6 is 11.8 Å². The molecule has 1 fully saturated rings. The lowest BCUT2D eigenvalue weighted by Gasteiger charge is -2.23. The number of rotatable bonds is 12. The van der Waals surface area contributed by atoms with Gasteiger partial charge in [0.2, 0.25) is 11.9 Å². The molecule has 0 aliphatic heterocycles. The third kappa shape index (κ3) is 7.38. The molecule has 0 spiro atoms. The monoisotopic (exact) mass is 549 g/mol. The Hall–Kier alpha value is -3.40. The number of nitrogens with one attached hydrogen (secondary N) is 2. The summed E-state index contributed by atoms with van der Waals surface area (Å²) >= 11 is 1.73. The molecule has 0 radical (unpaired) electrons. The van der Waals surface area contributed by atoms with Gasteiger partial charge in [-0.2, -0.15) is 15.0 Å². The fraction of sp³-hybridized carbons (Fsp3) is 0.483. The zero-order chi connectivity index (χ0) is 27.8. The molecule has 0 atom stereocenters. The second kappa shape index (κ2) is 13.6. The summed E-state index contributed by atoms with van der Waals surface area (Å²) in [6.45, 7) is 12.2. The van der Waals surface area contributed by atoms with Crippen molar-refractivity contribution >= 4 is 57.8 Å². The van der Waals surface area contributed by atoms with Gasteiger partial charge in [0.05, 0.1) is 22.7 Å². The van der Waals surface area contributed by atoms with Crippen molar-refractivity contribution < 1.29 is 0 Å². The van der Waals surface area contributed by atoms with E-state index in [4.69, 9.17) is 26.4 Å². The van der Waals surface area contributed by atoms with Crippen LogP contribution in [0.3, 0.4) is 0 Å². The summed E-state index contributed by atoms with van der Waals surface area (Å²) in [4.78, 5) is 18.9. The second-order valence-corrected chi connectivity index (χ2v) is 11.0. The predicted molar refractivity (Wildman–Crippen MR) is 168 cm³/mol. The van der Waals surface area contributed by atoms with Gasteiger partial charge in [-0.3, -0.25) is 0 Å². The van der Waals surface area contributed by atoms with Crippen LogP contribution in [-0.2, 0) is 0 Å². The summed E-state index contributed by atoms with van der Waals surface area (Å²) in [7, 11) is 0. The SMILES string of the molecule is CCN(CC)c1ccc(N)c(Nc2nc(Nc3cc(N(CC)CC)ccc3N)nc(SC3CCCCC3)n2)c1. The van der Waals surface area contributed by atoms with Crippen LogP contribution in [0.25, 0.3) is 0 Å². The molecule has 4 rings (SSSR count). The van der Waals surface area contributed by atoms with Gasteiger partial charge in [0.15, 0.2) is 5.16 Å². The Kier molecular flexibility index (Phi) is 9.97. The lowest BCUT2D eigenvalue weighted by Crippen LogP contribution is -2.22. The van der Waals surface area contributed by atoms with Gasteiger partial charge >= 0.3 is 0 Å². The Morgan fingerprint density at radius 3 is 1.62 bits per heavy atom. The van der Waals surface area contributed by atoms with Gasteiger partial charge in [-0.25, -0.2) is 0 Å². The third-order valence-corrected chi connectivity index (χ3v) is 8.46. The van der Waals surface area contributed by atoms with Crippen molar-refractivity contribution in [1.82, 2.24) is 15.0 Å². The molecule has 1 aliphatic carbocycles. The van der Waals surface area contributed by atoms with Gasteiger partial charge in [0.25, 0.3) is 0 Å². The molecule has 1 heterocycles. The number of benzene rings is 2. The molecule has 0 amide bonds. The van der Waals surface area contributed by atoms with E-state index in [0.29, 0.717) is 33.7 Å². The van der Waals surface area contributed by atoms with Crippen molar-refractivity contribution in [2.24, 2.45) is 0 Å². The van der Waals surface area contributed by atoms with Crippen molar-refractivity contribution in [3.63, 3.8) is 0 Å². The Bertz CT molecular complexity index is 1140. The zero-order valence-electron chi connectivity index (χ0n) is 23.7. The molecule has 39 heavy (non-hydrogen) atoms. The van der Waals surface area contributed by atoms with Crippen LogP contribution in [0.15, 0.2) is 41.6 Å². The van der Waals surface area contributed by atoms with Crippen LogP contribution in [0.4, 0.5) is 46.0 Å². The average molecular weight is 550 g/mol. The first-order valence-corrected chi connectivity index (χ1v) is 15.1. The van der Waals surface area contributed by atoms with Gasteiger partial charge in [0, 0.05) is 42.8 Å². The van der Waals surface area contributed by atoms with Crippen LogP contribution in [0.5, 0.6) is 0 Å². The van der Waals surface area contributed by atoms with E-state index in [1.165, 1.54) is 32.1 Å². The van der Waals surface area contributed by atoms with E-state index in [-0.39, 0.29) is 0 Å². The van der Waals surface area contributed by atoms with Crippen molar-refractivity contribution in [3.8, 4) is 0 Å². The summed E-state index contributed by atoms with van der Waals surface area (Å²) in [6.07, 6.45) is 6.17. The van der Waals surface area contributed by atoms with Gasteiger partial charge in [0.1, 0.15) is 0 Å². The number of hydrogen-bond acceptors (Lipinski definition) is 10. The Morgan fingerprint density at radius 1 is 0.718 bits per heavy atom. The molecule has 0 unspecified atom stereocenters. The standard InChI is InChI=1S/C29H43N9S/c1-5-37(6-2)20-14-16-23(30)25(18-20)32-27-34-28(36-29(35-27)39-22-12-10-9-11-13-22)33-26-19-21(15-17-24(26)31)38(7-3)8-4/h14-19,22H,5-13,30-31H2,1-4H3,(H2,32,33,34,35,36). The highest BCUT2D eigenvalue weighted by Crippen LogP contribution is 2.34. The molecule has 210 valence electrons. The molecule has 0 saturated heterocycles. The number of thioether (sulfide) groups is 1. The third-order valence-electron chi connectivity index (χ3n) is 7.26. The largest absolute Gasteiger partial charge is 0.397 e. The topological polar surface area (TPSA) is 121 Å². The molecule has 9 nitrogen and oxygen atoms in total. The minimum absolute atomic E-state index is 0.452. The molecule has 6 N–H and O–H groups in total. The summed E-state index contributed by atoms with van der Waals surface area (Å²) < 4.78 is 0. The van der Waals surface area contributed by atoms with Gasteiger partial charge < -0.3 is 31.9 Å². The van der Waals surface area contributed by atoms with E-state index in [2.05, 4.69) is 60.3 Å². The highest BCUT2D eigenvalue weighted by Gasteiger charge is 2.19. The lowest BCUT2D eigenvalue weighted by molar-refractivity contribution is 0.515. The summed E-state index contributed by atoms with van der Waals surface area (Å²) in [5.74, 6) is 0.903. The molecular weight excluding hydrogens is 506 g/mol. The maximum atomic E-state index is 6.37. The zero-order valence-corrected chi connectivity index (χ0v) is 24.5. The summed E-state index contributed by atoms with van der Waals surface area (Å²) in [6, 6.07) is 12.0. The normalized spacial score (nSPS) is 13.7. The first-order chi connectivity index (χ1) is 18.9. The van der Waals surface area contributed by atoms with Gasteiger partial charge in [-0.15, -0.1) is 0 Å². The summed E-state index contributed by atoms with van der Waals surface area (Å²) in [5.41, 5.74) is 17.7. The highest BCUT2D eigenvalue weighted by atomic mass is 32.2. The van der Waals surface area contributed by atoms with Crippen molar-refractivity contribution in [3.05, 3.63) is 36.4 Å². The van der Waals surface area contributed by atoms with Crippen molar-refractivity contribution in [2.75, 3.05) is 58.1 Å². The van der Waals surface area contributed by atoms with Crippen molar-refractivity contribution in [2.45, 2.75) is 70.2 Å². The van der Waals surface area contributed by atoms with Crippen LogP contribution < -0.4 is 31.9 Å². The number of anilines is 8. The fourth-order valence-electron chi connectivity index (χ4n) is 4.97. The Labute approximate surface area is 237 Å². The molecule has 2 aromatic carbocycles. The second-order valence-electron chi connectivity index (χ2n) is 9.78. The Morgan fingerprint density at radius 2 is 1.18 bits per heavy atom. The Balaban J connectivity index is 1.67. The van der Waals surface area contributed by atoms with Gasteiger partial charge in [-0.05, 0) is 76.9 Å². The first-order valence-electron chi connectivity index (χ1n) is 14.2. The van der Waals surface area contributed by atoms with Crippen LogP contribution in [0, 0.1) is 0 Å². The summed E-state index contributed by atoms with van der Waals surface area (Å²) in [5, 5.41) is 7.95. The van der Waals surface area contributed by atoms with Crippen LogP contribution in [0.1, 0.15) is 59.8 Å². The maximum Gasteiger partial charge on any atom is 0.233 e. The molecule has 1 aromatic heterocycles. The predicted octanol–water partition coefficient (Wildman–Crippen LogP) is 6.64. The molecule has 10 heteroatoms. The number of nitrogen functional groups attached to an aromatic ring is 2. The molecule has 0 bridgehead atoms. The number of aromatic nitrogens is 3. The smallest absolute Gasteiger partial charge is 0.233 e. The molecular formula is C29H43N9S.